The smallest absolute Gasteiger partial charge is 0.321 e. The lowest BCUT2D eigenvalue weighted by Gasteiger charge is -2.12. The minimum absolute atomic E-state index is 0.0235. The van der Waals surface area contributed by atoms with Crippen molar-refractivity contribution in [2.75, 3.05) is 11.5 Å². The number of benzene rings is 2. The van der Waals surface area contributed by atoms with Crippen LogP contribution in [-0.2, 0) is 0 Å². The second-order valence-electron chi connectivity index (χ2n) is 8.40. The number of nitrogen functional groups attached to an aromatic ring is 2. The van der Waals surface area contributed by atoms with Crippen LogP contribution < -0.4 is 21.3 Å². The lowest BCUT2D eigenvalue weighted by atomic mass is 9.94. The summed E-state index contributed by atoms with van der Waals surface area (Å²) >= 11 is 1.07. The molecule has 5 aromatic rings. The zero-order valence-electron chi connectivity index (χ0n) is 19.5. The van der Waals surface area contributed by atoms with E-state index in [-0.39, 0.29) is 27.8 Å². The first-order valence-corrected chi connectivity index (χ1v) is 11.9. The van der Waals surface area contributed by atoms with Gasteiger partial charge in [0.2, 0.25) is 11.0 Å². The lowest BCUT2D eigenvalue weighted by molar-refractivity contribution is -0.670. The second-order valence-corrected chi connectivity index (χ2v) is 9.40. The highest BCUT2D eigenvalue weighted by Gasteiger charge is 2.22. The summed E-state index contributed by atoms with van der Waals surface area (Å²) in [6.45, 7) is 4.21. The Morgan fingerprint density at radius 1 is 1.14 bits per heavy atom. The number of aliphatic imine (C=N–C) groups is 1. The van der Waals surface area contributed by atoms with Crippen molar-refractivity contribution in [3.63, 3.8) is 0 Å². The molecule has 5 rings (SSSR count). The average molecular weight is 496 g/mol. The van der Waals surface area contributed by atoms with Crippen LogP contribution >= 0.6 is 11.3 Å². The van der Waals surface area contributed by atoms with E-state index in [1.165, 1.54) is 10.9 Å². The third-order valence-corrected chi connectivity index (χ3v) is 6.85. The molecular formula is C26H21N7O2S. The fourth-order valence-electron chi connectivity index (χ4n) is 3.91. The van der Waals surface area contributed by atoms with E-state index in [1.54, 1.807) is 0 Å². The molecule has 0 saturated carbocycles. The highest BCUT2D eigenvalue weighted by atomic mass is 32.1. The number of nitriles is 1. The summed E-state index contributed by atoms with van der Waals surface area (Å²) in [6.07, 6.45) is 1.50. The van der Waals surface area contributed by atoms with Gasteiger partial charge < -0.3 is 16.6 Å². The maximum absolute atomic E-state index is 13.1. The summed E-state index contributed by atoms with van der Waals surface area (Å²) in [4.78, 5) is 9.02. The van der Waals surface area contributed by atoms with Crippen LogP contribution in [0.4, 0.5) is 17.4 Å². The van der Waals surface area contributed by atoms with Crippen molar-refractivity contribution in [1.82, 2.24) is 10.3 Å². The molecule has 0 aliphatic rings. The van der Waals surface area contributed by atoms with Gasteiger partial charge in [0.15, 0.2) is 0 Å². The van der Waals surface area contributed by atoms with Crippen LogP contribution in [0.3, 0.4) is 0 Å². The van der Waals surface area contributed by atoms with Crippen molar-refractivity contribution in [1.29, 1.82) is 5.26 Å². The van der Waals surface area contributed by atoms with Gasteiger partial charge in [-0.3, -0.25) is 4.52 Å². The Bertz CT molecular complexity index is 1650. The topological polar surface area (TPSA) is 154 Å². The minimum Gasteiger partial charge on any atom is -0.857 e. The maximum Gasteiger partial charge on any atom is 0.321 e. The van der Waals surface area contributed by atoms with E-state index >= 15 is 0 Å². The highest BCUT2D eigenvalue weighted by Crippen LogP contribution is 2.42. The summed E-state index contributed by atoms with van der Waals surface area (Å²) in [5.74, 6) is -0.157. The van der Waals surface area contributed by atoms with Crippen LogP contribution in [0.25, 0.3) is 27.0 Å². The third-order valence-electron chi connectivity index (χ3n) is 5.76. The molecule has 2 aromatic carbocycles. The summed E-state index contributed by atoms with van der Waals surface area (Å²) in [5, 5.41) is 27.4. The number of aromatic nitrogens is 3. The number of fused-ring (bicyclic) bond motifs is 1. The van der Waals surface area contributed by atoms with E-state index in [0.29, 0.717) is 21.7 Å². The fourth-order valence-corrected chi connectivity index (χ4v) is 4.90. The average Bonchev–Trinajstić information content (AvgIpc) is 3.48. The fraction of sp³-hybridized carbons (Fsp3) is 0.115. The Hall–Kier alpha value is -4.75. The second kappa shape index (κ2) is 9.13. The molecule has 0 aliphatic carbocycles. The van der Waals surface area contributed by atoms with Crippen LogP contribution in [0.1, 0.15) is 35.8 Å². The van der Waals surface area contributed by atoms with Gasteiger partial charge in [-0.15, -0.1) is 11.3 Å². The zero-order valence-corrected chi connectivity index (χ0v) is 20.3. The number of hydrogen-bond donors (Lipinski definition) is 2. The van der Waals surface area contributed by atoms with E-state index in [1.807, 2.05) is 54.6 Å². The van der Waals surface area contributed by atoms with Gasteiger partial charge in [0.05, 0.1) is 10.6 Å². The minimum atomic E-state index is -0.606. The molecule has 0 aliphatic heterocycles. The first-order chi connectivity index (χ1) is 17.4. The SMILES string of the molecule is CC(C)c1ccc(-c2c(C#N)c(N)nc3sc(/C([O-])=N/c4c[n+](-c5ccccc5)no4)c(N)c23)cc1. The van der Waals surface area contributed by atoms with Gasteiger partial charge in [-0.05, 0) is 21.7 Å². The van der Waals surface area contributed by atoms with Crippen LogP contribution in [-0.4, -0.2) is 16.2 Å². The molecular weight excluding hydrogens is 474 g/mol. The molecule has 36 heavy (non-hydrogen) atoms. The van der Waals surface area contributed by atoms with Crippen LogP contribution in [0.15, 0.2) is 70.3 Å². The summed E-state index contributed by atoms with van der Waals surface area (Å²) in [6, 6.07) is 19.3. The standard InChI is InChI=1S/C26H21N7O2S/c1-14(2)15-8-10-16(11-9-15)20-18(12-27)24(29)31-26-21(20)22(28)23(36-26)25(34)30-19-13-33(32-35-19)17-6-4-3-5-7-17/h3-11,13-14H,1-2H3,(H4-,28,29,30,31,32,34). The molecule has 0 unspecified atom stereocenters. The van der Waals surface area contributed by atoms with Gasteiger partial charge in [0, 0.05) is 29.0 Å². The van der Waals surface area contributed by atoms with Crippen molar-refractivity contribution >= 4 is 44.8 Å². The first kappa shape index (κ1) is 23.0. The lowest BCUT2D eigenvalue weighted by Crippen LogP contribution is -2.30. The maximum atomic E-state index is 13.1. The number of para-hydroxylation sites is 1. The molecule has 3 heterocycles. The first-order valence-electron chi connectivity index (χ1n) is 11.1. The van der Waals surface area contributed by atoms with E-state index in [9.17, 15) is 10.4 Å². The summed E-state index contributed by atoms with van der Waals surface area (Å²) in [7, 11) is 0. The monoisotopic (exact) mass is 495 g/mol. The molecule has 0 fully saturated rings. The summed E-state index contributed by atoms with van der Waals surface area (Å²) in [5.41, 5.74) is 16.2. The third kappa shape index (κ3) is 4.01. The van der Waals surface area contributed by atoms with Crippen molar-refractivity contribution in [2.45, 2.75) is 19.8 Å². The quantitative estimate of drug-likeness (QED) is 0.213. The number of anilines is 2. The van der Waals surface area contributed by atoms with E-state index in [0.717, 1.165) is 28.2 Å². The van der Waals surface area contributed by atoms with E-state index in [4.69, 9.17) is 16.0 Å². The Balaban J connectivity index is 1.62. The molecule has 10 heteroatoms. The number of pyridine rings is 1. The Kier molecular flexibility index (Phi) is 5.83. The predicted octanol–water partition coefficient (Wildman–Crippen LogP) is 3.83. The van der Waals surface area contributed by atoms with Gasteiger partial charge in [-0.2, -0.15) is 5.26 Å². The molecule has 9 nitrogen and oxygen atoms in total. The molecule has 0 bridgehead atoms. The van der Waals surface area contributed by atoms with E-state index in [2.05, 4.69) is 35.2 Å². The number of rotatable bonds is 5. The number of hydrogen-bond acceptors (Lipinski definition) is 9. The largest absolute Gasteiger partial charge is 0.857 e. The number of nitrogens with zero attached hydrogens (tertiary/aromatic N) is 5. The Morgan fingerprint density at radius 2 is 1.86 bits per heavy atom. The van der Waals surface area contributed by atoms with Gasteiger partial charge in [0.1, 0.15) is 22.3 Å². The normalized spacial score (nSPS) is 11.8. The van der Waals surface area contributed by atoms with Gasteiger partial charge >= 0.3 is 5.88 Å². The molecule has 178 valence electrons. The van der Waals surface area contributed by atoms with Crippen molar-refractivity contribution in [3.05, 3.63) is 76.8 Å². The van der Waals surface area contributed by atoms with Crippen LogP contribution in [0.2, 0.25) is 0 Å². The summed E-state index contributed by atoms with van der Waals surface area (Å²) < 4.78 is 6.69. The van der Waals surface area contributed by atoms with E-state index < -0.39 is 5.90 Å². The highest BCUT2D eigenvalue weighted by molar-refractivity contribution is 7.21. The van der Waals surface area contributed by atoms with Crippen molar-refractivity contribution < 1.29 is 14.3 Å². The molecule has 0 atom stereocenters. The number of thiophene rings is 1. The molecule has 0 amide bonds. The van der Waals surface area contributed by atoms with Gasteiger partial charge in [-0.25, -0.2) is 9.98 Å². The molecule has 3 aromatic heterocycles. The number of nitrogens with two attached hydrogens (primary N) is 2. The zero-order chi connectivity index (χ0) is 25.4. The van der Waals surface area contributed by atoms with Crippen LogP contribution in [0, 0.1) is 11.3 Å². The Morgan fingerprint density at radius 3 is 2.53 bits per heavy atom. The molecule has 4 N–H and O–H groups in total. The van der Waals surface area contributed by atoms with Gasteiger partial charge in [-0.1, -0.05) is 56.3 Å². The Labute approximate surface area is 210 Å². The molecule has 0 saturated heterocycles. The van der Waals surface area contributed by atoms with Crippen LogP contribution in [0.5, 0.6) is 0 Å². The van der Waals surface area contributed by atoms with Crippen molar-refractivity contribution in [2.24, 2.45) is 4.99 Å². The predicted molar refractivity (Wildman–Crippen MR) is 137 cm³/mol. The van der Waals surface area contributed by atoms with Gasteiger partial charge in [0.25, 0.3) is 6.20 Å². The molecule has 0 spiro atoms. The molecule has 0 radical (unpaired) electrons. The van der Waals surface area contributed by atoms with Crippen molar-refractivity contribution in [3.8, 4) is 22.9 Å².